The van der Waals surface area contributed by atoms with E-state index in [-0.39, 0.29) is 0 Å². The van der Waals surface area contributed by atoms with Crippen LogP contribution in [0.3, 0.4) is 0 Å². The molecule has 4 heteroatoms. The lowest BCUT2D eigenvalue weighted by Crippen LogP contribution is -2.47. The van der Waals surface area contributed by atoms with Crippen molar-refractivity contribution in [3.05, 3.63) is 0 Å². The van der Waals surface area contributed by atoms with E-state index >= 15 is 0 Å². The van der Waals surface area contributed by atoms with Gasteiger partial charge < -0.3 is 14.9 Å². The van der Waals surface area contributed by atoms with E-state index in [4.69, 9.17) is 14.9 Å². The summed E-state index contributed by atoms with van der Waals surface area (Å²) in [5, 5.41) is 17.5. The monoisotopic (exact) mass is 160 g/mol. The van der Waals surface area contributed by atoms with Crippen LogP contribution in [-0.4, -0.2) is 35.0 Å². The Bertz CT molecular complexity index is 149. The summed E-state index contributed by atoms with van der Waals surface area (Å²) in [6, 6.07) is 0. The Labute approximate surface area is 64.8 Å². The molecule has 1 fully saturated rings. The summed E-state index contributed by atoms with van der Waals surface area (Å²) in [7, 11) is 0. The summed E-state index contributed by atoms with van der Waals surface area (Å²) in [6.45, 7) is 0.00912. The minimum absolute atomic E-state index is 0.416. The minimum atomic E-state index is -1.31. The van der Waals surface area contributed by atoms with Crippen LogP contribution >= 0.6 is 0 Å². The number of carbonyl (C=O) groups is 1. The quantitative estimate of drug-likeness (QED) is 0.596. The molecule has 0 aromatic rings. The second kappa shape index (κ2) is 3.19. The van der Waals surface area contributed by atoms with Crippen LogP contribution in [0.5, 0.6) is 0 Å². The first-order chi connectivity index (χ1) is 5.21. The van der Waals surface area contributed by atoms with Gasteiger partial charge in [0.05, 0.1) is 6.61 Å². The zero-order valence-electron chi connectivity index (χ0n) is 6.25. The molecule has 1 atom stereocenters. The predicted octanol–water partition coefficient (Wildman–Crippen LogP) is 0.00260. The Kier molecular flexibility index (Phi) is 2.46. The van der Waals surface area contributed by atoms with Crippen LogP contribution in [0.2, 0.25) is 0 Å². The Hall–Kier alpha value is -0.610. The number of aliphatic hydroxyl groups is 1. The van der Waals surface area contributed by atoms with Crippen LogP contribution < -0.4 is 0 Å². The van der Waals surface area contributed by atoms with E-state index in [1.54, 1.807) is 0 Å². The maximum Gasteiger partial charge on any atom is 0.338 e. The summed E-state index contributed by atoms with van der Waals surface area (Å²) in [5.74, 6) is -1.06. The van der Waals surface area contributed by atoms with Crippen molar-refractivity contribution in [3.8, 4) is 0 Å². The SMILES string of the molecule is O=C(O)C1(CO)CCCCO1. The third-order valence-corrected chi connectivity index (χ3v) is 2.00. The molecule has 1 aliphatic heterocycles. The van der Waals surface area contributed by atoms with Gasteiger partial charge in [0.25, 0.3) is 0 Å². The highest BCUT2D eigenvalue weighted by molar-refractivity contribution is 5.77. The second-order valence-electron chi connectivity index (χ2n) is 2.76. The maximum atomic E-state index is 10.6. The normalized spacial score (nSPS) is 31.7. The Morgan fingerprint density at radius 2 is 2.27 bits per heavy atom. The molecule has 4 nitrogen and oxygen atoms in total. The number of ether oxygens (including phenoxy) is 1. The number of carboxylic acid groups (broad SMARTS) is 1. The molecule has 0 bridgehead atoms. The van der Waals surface area contributed by atoms with E-state index in [0.717, 1.165) is 12.8 Å². The van der Waals surface area contributed by atoms with Crippen LogP contribution in [0.1, 0.15) is 19.3 Å². The fourth-order valence-corrected chi connectivity index (χ4v) is 1.21. The van der Waals surface area contributed by atoms with E-state index in [2.05, 4.69) is 0 Å². The van der Waals surface area contributed by atoms with Crippen LogP contribution in [0, 0.1) is 0 Å². The molecule has 11 heavy (non-hydrogen) atoms. The standard InChI is InChI=1S/C7H12O4/c8-5-7(6(9)10)3-1-2-4-11-7/h8H,1-5H2,(H,9,10). The van der Waals surface area contributed by atoms with Gasteiger partial charge in [0.15, 0.2) is 5.60 Å². The van der Waals surface area contributed by atoms with Crippen molar-refractivity contribution < 1.29 is 19.7 Å². The highest BCUT2D eigenvalue weighted by Gasteiger charge is 2.40. The highest BCUT2D eigenvalue weighted by atomic mass is 16.5. The van der Waals surface area contributed by atoms with Crippen LogP contribution in [-0.2, 0) is 9.53 Å². The van der Waals surface area contributed by atoms with Gasteiger partial charge in [-0.3, -0.25) is 0 Å². The number of aliphatic hydroxyl groups excluding tert-OH is 1. The van der Waals surface area contributed by atoms with Crippen LogP contribution in [0.4, 0.5) is 0 Å². The molecule has 0 radical (unpaired) electrons. The molecule has 0 amide bonds. The lowest BCUT2D eigenvalue weighted by Gasteiger charge is -2.31. The van der Waals surface area contributed by atoms with E-state index in [9.17, 15) is 4.79 Å². The predicted molar refractivity (Wildman–Crippen MR) is 37.3 cm³/mol. The van der Waals surface area contributed by atoms with E-state index in [0.29, 0.717) is 13.0 Å². The smallest absolute Gasteiger partial charge is 0.338 e. The van der Waals surface area contributed by atoms with Gasteiger partial charge in [-0.2, -0.15) is 0 Å². The number of hydrogen-bond acceptors (Lipinski definition) is 3. The first kappa shape index (κ1) is 8.49. The molecule has 0 aromatic carbocycles. The van der Waals surface area contributed by atoms with E-state index < -0.39 is 18.2 Å². The van der Waals surface area contributed by atoms with Crippen molar-refractivity contribution in [1.82, 2.24) is 0 Å². The van der Waals surface area contributed by atoms with Crippen LogP contribution in [0.15, 0.2) is 0 Å². The topological polar surface area (TPSA) is 66.8 Å². The fourth-order valence-electron chi connectivity index (χ4n) is 1.21. The van der Waals surface area contributed by atoms with Gasteiger partial charge in [0.2, 0.25) is 0 Å². The Balaban J connectivity index is 2.64. The van der Waals surface area contributed by atoms with Gasteiger partial charge in [-0.1, -0.05) is 0 Å². The van der Waals surface area contributed by atoms with Crippen LogP contribution in [0.25, 0.3) is 0 Å². The summed E-state index contributed by atoms with van der Waals surface area (Å²) in [5.41, 5.74) is -1.31. The second-order valence-corrected chi connectivity index (χ2v) is 2.76. The first-order valence-electron chi connectivity index (χ1n) is 3.69. The number of aliphatic carboxylic acids is 1. The van der Waals surface area contributed by atoms with E-state index in [1.807, 2.05) is 0 Å². The molecule has 1 saturated heterocycles. The summed E-state index contributed by atoms with van der Waals surface area (Å²) < 4.78 is 5.03. The lowest BCUT2D eigenvalue weighted by atomic mass is 9.95. The number of rotatable bonds is 2. The van der Waals surface area contributed by atoms with Gasteiger partial charge in [-0.05, 0) is 19.3 Å². The molecule has 0 aliphatic carbocycles. The molecular formula is C7H12O4. The average molecular weight is 160 g/mol. The largest absolute Gasteiger partial charge is 0.479 e. The maximum absolute atomic E-state index is 10.6. The molecule has 1 aliphatic rings. The lowest BCUT2D eigenvalue weighted by molar-refractivity contribution is -0.178. The summed E-state index contributed by atoms with van der Waals surface area (Å²) in [6.07, 6.45) is 2.11. The van der Waals surface area contributed by atoms with Gasteiger partial charge in [-0.25, -0.2) is 4.79 Å². The van der Waals surface area contributed by atoms with Crippen molar-refractivity contribution in [2.24, 2.45) is 0 Å². The number of carboxylic acids is 1. The molecule has 0 saturated carbocycles. The van der Waals surface area contributed by atoms with Crippen molar-refractivity contribution in [1.29, 1.82) is 0 Å². The molecule has 1 unspecified atom stereocenters. The molecule has 0 spiro atoms. The Morgan fingerprint density at radius 3 is 2.55 bits per heavy atom. The molecule has 1 heterocycles. The third-order valence-electron chi connectivity index (χ3n) is 2.00. The average Bonchev–Trinajstić information content (AvgIpc) is 2.05. The van der Waals surface area contributed by atoms with E-state index in [1.165, 1.54) is 0 Å². The van der Waals surface area contributed by atoms with Crippen molar-refractivity contribution >= 4 is 5.97 Å². The number of hydrogen-bond donors (Lipinski definition) is 2. The Morgan fingerprint density at radius 1 is 1.55 bits per heavy atom. The molecule has 0 aromatic heterocycles. The van der Waals surface area contributed by atoms with Crippen molar-refractivity contribution in [2.75, 3.05) is 13.2 Å². The minimum Gasteiger partial charge on any atom is -0.479 e. The first-order valence-corrected chi connectivity index (χ1v) is 3.69. The highest BCUT2D eigenvalue weighted by Crippen LogP contribution is 2.24. The zero-order chi connectivity index (χ0) is 8.32. The molecule has 64 valence electrons. The van der Waals surface area contributed by atoms with Gasteiger partial charge >= 0.3 is 5.97 Å². The van der Waals surface area contributed by atoms with Gasteiger partial charge in [0, 0.05) is 6.61 Å². The molecule has 1 rings (SSSR count). The fraction of sp³-hybridized carbons (Fsp3) is 0.857. The van der Waals surface area contributed by atoms with Gasteiger partial charge in [-0.15, -0.1) is 0 Å². The molecular weight excluding hydrogens is 148 g/mol. The third kappa shape index (κ3) is 1.52. The van der Waals surface area contributed by atoms with Gasteiger partial charge in [0.1, 0.15) is 0 Å². The summed E-state index contributed by atoms with van der Waals surface area (Å²) in [4.78, 5) is 10.6. The molecule has 2 N–H and O–H groups in total. The van der Waals surface area contributed by atoms with Crippen molar-refractivity contribution in [3.63, 3.8) is 0 Å². The summed E-state index contributed by atoms with van der Waals surface area (Å²) >= 11 is 0. The van der Waals surface area contributed by atoms with Crippen molar-refractivity contribution in [2.45, 2.75) is 24.9 Å². The zero-order valence-corrected chi connectivity index (χ0v) is 6.25.